The topological polar surface area (TPSA) is 35.2 Å². The van der Waals surface area contributed by atoms with Crippen LogP contribution >= 0.6 is 11.6 Å². The molecule has 1 saturated carbocycles. The maximum absolute atomic E-state index is 12.3. The van der Waals surface area contributed by atoms with Crippen LogP contribution in [0.4, 0.5) is 8.78 Å². The predicted octanol–water partition coefficient (Wildman–Crippen LogP) is 3.67. The van der Waals surface area contributed by atoms with Crippen LogP contribution in [0.1, 0.15) is 31.2 Å². The van der Waals surface area contributed by atoms with Crippen LogP contribution in [0, 0.1) is 0 Å². The first-order chi connectivity index (χ1) is 8.01. The maximum atomic E-state index is 12.3. The van der Waals surface area contributed by atoms with Gasteiger partial charge in [-0.1, -0.05) is 24.4 Å². The lowest BCUT2D eigenvalue weighted by Crippen LogP contribution is -2.33. The highest BCUT2D eigenvalue weighted by Gasteiger charge is 2.34. The SMILES string of the molecule is NC1(c2cc(Cl)ccc2OC(F)F)CCCC1. The lowest BCUT2D eigenvalue weighted by atomic mass is 9.89. The Bertz CT molecular complexity index is 405. The number of benzene rings is 1. The van der Waals surface area contributed by atoms with E-state index in [1.54, 1.807) is 6.07 Å². The van der Waals surface area contributed by atoms with Crippen LogP contribution in [0.5, 0.6) is 5.75 Å². The first-order valence-electron chi connectivity index (χ1n) is 5.55. The average Bonchev–Trinajstić information content (AvgIpc) is 2.68. The van der Waals surface area contributed by atoms with Gasteiger partial charge in [-0.3, -0.25) is 0 Å². The molecule has 0 aromatic heterocycles. The lowest BCUT2D eigenvalue weighted by molar-refractivity contribution is -0.0510. The van der Waals surface area contributed by atoms with Gasteiger partial charge >= 0.3 is 6.61 Å². The Morgan fingerprint density at radius 2 is 1.94 bits per heavy atom. The van der Waals surface area contributed by atoms with Crippen LogP contribution in [0.3, 0.4) is 0 Å². The highest BCUT2D eigenvalue weighted by molar-refractivity contribution is 6.30. The Hall–Kier alpha value is -0.870. The Balaban J connectivity index is 2.39. The van der Waals surface area contributed by atoms with Gasteiger partial charge in [0.1, 0.15) is 5.75 Å². The summed E-state index contributed by atoms with van der Waals surface area (Å²) in [5, 5.41) is 0.485. The predicted molar refractivity (Wildman–Crippen MR) is 62.4 cm³/mol. The molecule has 0 heterocycles. The van der Waals surface area contributed by atoms with Gasteiger partial charge in [0, 0.05) is 16.1 Å². The molecule has 0 amide bonds. The van der Waals surface area contributed by atoms with Crippen molar-refractivity contribution in [3.05, 3.63) is 28.8 Å². The third-order valence-corrected chi connectivity index (χ3v) is 3.42. The molecule has 2 N–H and O–H groups in total. The summed E-state index contributed by atoms with van der Waals surface area (Å²) < 4.78 is 29.1. The molecule has 0 bridgehead atoms. The van der Waals surface area contributed by atoms with Gasteiger partial charge in [-0.15, -0.1) is 0 Å². The normalized spacial score (nSPS) is 18.6. The molecule has 1 aliphatic rings. The zero-order chi connectivity index (χ0) is 12.5. The van der Waals surface area contributed by atoms with E-state index in [2.05, 4.69) is 4.74 Å². The highest BCUT2D eigenvalue weighted by atomic mass is 35.5. The van der Waals surface area contributed by atoms with E-state index in [9.17, 15) is 8.78 Å². The number of ether oxygens (including phenoxy) is 1. The lowest BCUT2D eigenvalue weighted by Gasteiger charge is -2.26. The van der Waals surface area contributed by atoms with Crippen molar-refractivity contribution in [2.75, 3.05) is 0 Å². The largest absolute Gasteiger partial charge is 0.434 e. The fourth-order valence-corrected chi connectivity index (χ4v) is 2.54. The molecule has 1 fully saturated rings. The molecule has 2 nitrogen and oxygen atoms in total. The molecule has 0 atom stereocenters. The van der Waals surface area contributed by atoms with E-state index in [0.29, 0.717) is 10.6 Å². The van der Waals surface area contributed by atoms with Crippen LogP contribution in [-0.4, -0.2) is 6.61 Å². The van der Waals surface area contributed by atoms with E-state index in [1.165, 1.54) is 12.1 Å². The molecule has 1 aromatic carbocycles. The Kier molecular flexibility index (Phi) is 3.54. The van der Waals surface area contributed by atoms with Gasteiger partial charge in [0.15, 0.2) is 0 Å². The summed E-state index contributed by atoms with van der Waals surface area (Å²) >= 11 is 5.90. The van der Waals surface area contributed by atoms with Gasteiger partial charge in [0.2, 0.25) is 0 Å². The average molecular weight is 262 g/mol. The molecule has 5 heteroatoms. The summed E-state index contributed by atoms with van der Waals surface area (Å²) in [5.74, 6) is 0.133. The number of hydrogen-bond acceptors (Lipinski definition) is 2. The number of nitrogens with two attached hydrogens (primary N) is 1. The molecular formula is C12H14ClF2NO. The molecule has 1 aliphatic carbocycles. The van der Waals surface area contributed by atoms with E-state index in [1.807, 2.05) is 0 Å². The van der Waals surface area contributed by atoms with Crippen LogP contribution in [0.25, 0.3) is 0 Å². The molecule has 0 spiro atoms. The van der Waals surface area contributed by atoms with E-state index < -0.39 is 12.2 Å². The van der Waals surface area contributed by atoms with Crippen LogP contribution in [0.15, 0.2) is 18.2 Å². The number of rotatable bonds is 3. The van der Waals surface area contributed by atoms with Crippen molar-refractivity contribution in [2.24, 2.45) is 5.73 Å². The summed E-state index contributed by atoms with van der Waals surface area (Å²) in [4.78, 5) is 0. The maximum Gasteiger partial charge on any atom is 0.387 e. The van der Waals surface area contributed by atoms with Crippen molar-refractivity contribution in [2.45, 2.75) is 37.8 Å². The van der Waals surface area contributed by atoms with E-state index >= 15 is 0 Å². The summed E-state index contributed by atoms with van der Waals surface area (Å²) in [6, 6.07) is 4.61. The number of hydrogen-bond donors (Lipinski definition) is 1. The first kappa shape index (κ1) is 12.6. The second-order valence-corrected chi connectivity index (χ2v) is 4.82. The van der Waals surface area contributed by atoms with Gasteiger partial charge in [-0.2, -0.15) is 8.78 Å². The minimum atomic E-state index is -2.85. The van der Waals surface area contributed by atoms with Gasteiger partial charge in [0.25, 0.3) is 0 Å². The van der Waals surface area contributed by atoms with E-state index in [-0.39, 0.29) is 5.75 Å². The fourth-order valence-electron chi connectivity index (χ4n) is 2.37. The molecule has 2 rings (SSSR count). The third-order valence-electron chi connectivity index (χ3n) is 3.19. The van der Waals surface area contributed by atoms with Crippen molar-refractivity contribution in [1.82, 2.24) is 0 Å². The quantitative estimate of drug-likeness (QED) is 0.901. The van der Waals surface area contributed by atoms with Gasteiger partial charge in [-0.05, 0) is 31.0 Å². The van der Waals surface area contributed by atoms with E-state index in [0.717, 1.165) is 25.7 Å². The van der Waals surface area contributed by atoms with Crippen molar-refractivity contribution in [3.63, 3.8) is 0 Å². The standard InChI is InChI=1S/C12H14ClF2NO/c13-8-3-4-10(17-11(14)15)9(7-8)12(16)5-1-2-6-12/h3-4,7,11H,1-2,5-6,16H2. The van der Waals surface area contributed by atoms with E-state index in [4.69, 9.17) is 17.3 Å². The summed E-state index contributed by atoms with van der Waals surface area (Å²) in [6.45, 7) is -2.85. The van der Waals surface area contributed by atoms with Gasteiger partial charge < -0.3 is 10.5 Å². The van der Waals surface area contributed by atoms with Crippen LogP contribution in [-0.2, 0) is 5.54 Å². The van der Waals surface area contributed by atoms with Gasteiger partial charge in [-0.25, -0.2) is 0 Å². The number of alkyl halides is 2. The molecular weight excluding hydrogens is 248 g/mol. The summed E-state index contributed by atoms with van der Waals surface area (Å²) in [6.07, 6.45) is 3.54. The minimum absolute atomic E-state index is 0.133. The minimum Gasteiger partial charge on any atom is -0.434 e. The zero-order valence-electron chi connectivity index (χ0n) is 9.26. The second-order valence-electron chi connectivity index (χ2n) is 4.38. The Labute approximate surface area is 104 Å². The van der Waals surface area contributed by atoms with Crippen molar-refractivity contribution in [3.8, 4) is 5.75 Å². The van der Waals surface area contributed by atoms with Crippen molar-refractivity contribution in [1.29, 1.82) is 0 Å². The zero-order valence-corrected chi connectivity index (χ0v) is 10.0. The van der Waals surface area contributed by atoms with Gasteiger partial charge in [0.05, 0.1) is 0 Å². The smallest absolute Gasteiger partial charge is 0.387 e. The molecule has 0 saturated heterocycles. The molecule has 0 unspecified atom stereocenters. The fraction of sp³-hybridized carbons (Fsp3) is 0.500. The second kappa shape index (κ2) is 4.78. The molecule has 0 radical (unpaired) electrons. The molecule has 94 valence electrons. The van der Waals surface area contributed by atoms with Crippen molar-refractivity contribution < 1.29 is 13.5 Å². The summed E-state index contributed by atoms with van der Waals surface area (Å²) in [7, 11) is 0. The van der Waals surface area contributed by atoms with Crippen LogP contribution < -0.4 is 10.5 Å². The number of halogens is 3. The first-order valence-corrected chi connectivity index (χ1v) is 5.93. The highest BCUT2D eigenvalue weighted by Crippen LogP contribution is 2.41. The molecule has 1 aromatic rings. The molecule has 17 heavy (non-hydrogen) atoms. The Morgan fingerprint density at radius 1 is 1.29 bits per heavy atom. The van der Waals surface area contributed by atoms with Crippen molar-refractivity contribution >= 4 is 11.6 Å². The third kappa shape index (κ3) is 2.69. The molecule has 0 aliphatic heterocycles. The van der Waals surface area contributed by atoms with Crippen LogP contribution in [0.2, 0.25) is 5.02 Å². The summed E-state index contributed by atoms with van der Waals surface area (Å²) in [5.41, 5.74) is 6.24. The Morgan fingerprint density at radius 3 is 2.53 bits per heavy atom. The monoisotopic (exact) mass is 261 g/mol.